The molecule has 2 aromatic rings. The number of aromatic nitrogens is 1. The first kappa shape index (κ1) is 22.0. The molecule has 1 aliphatic carbocycles. The van der Waals surface area contributed by atoms with Crippen molar-refractivity contribution >= 4 is 17.6 Å². The molecule has 1 unspecified atom stereocenters. The van der Waals surface area contributed by atoms with Crippen molar-refractivity contribution in [3.63, 3.8) is 0 Å². The smallest absolute Gasteiger partial charge is 0.283 e. The van der Waals surface area contributed by atoms with Crippen LogP contribution in [-0.4, -0.2) is 28.4 Å². The molecule has 1 atom stereocenters. The number of amides is 1. The summed E-state index contributed by atoms with van der Waals surface area (Å²) in [4.78, 5) is 20.4. The van der Waals surface area contributed by atoms with Crippen LogP contribution in [-0.2, 0) is 10.3 Å². The Morgan fingerprint density at radius 1 is 1.12 bits per heavy atom. The Hall–Kier alpha value is -3.17. The highest BCUT2D eigenvalue weighted by Gasteiger charge is 2.51. The number of amidine groups is 1. The molecule has 4 rings (SSSR count). The van der Waals surface area contributed by atoms with Gasteiger partial charge in [0.05, 0.1) is 11.7 Å². The van der Waals surface area contributed by atoms with Gasteiger partial charge in [-0.3, -0.25) is 4.79 Å². The van der Waals surface area contributed by atoms with Crippen LogP contribution in [0.1, 0.15) is 55.1 Å². The molecule has 170 valence electrons. The number of hydrogen-bond acceptors (Lipinski definition) is 5. The number of hydrogen-bond donors (Lipinski definition) is 2. The Labute approximate surface area is 181 Å². The van der Waals surface area contributed by atoms with Gasteiger partial charge in [-0.15, -0.1) is 0 Å². The zero-order chi connectivity index (χ0) is 23.1. The molecule has 2 aliphatic rings. The fourth-order valence-electron chi connectivity index (χ4n) is 4.42. The summed E-state index contributed by atoms with van der Waals surface area (Å²) in [6, 6.07) is 6.11. The quantitative estimate of drug-likeness (QED) is 0.674. The maximum absolute atomic E-state index is 14.9. The predicted octanol–water partition coefficient (Wildman–Crippen LogP) is 4.51. The van der Waals surface area contributed by atoms with Crippen LogP contribution in [0.25, 0.3) is 0 Å². The van der Waals surface area contributed by atoms with E-state index >= 15 is 0 Å². The van der Waals surface area contributed by atoms with Crippen LogP contribution < -0.4 is 11.1 Å². The molecule has 32 heavy (non-hydrogen) atoms. The number of aliphatic imine (C=N–C) groups is 1. The van der Waals surface area contributed by atoms with E-state index in [1.165, 1.54) is 24.3 Å². The lowest BCUT2D eigenvalue weighted by atomic mass is 9.72. The van der Waals surface area contributed by atoms with Crippen molar-refractivity contribution in [3.8, 4) is 0 Å². The number of nitrogens with zero attached hydrogens (tertiary/aromatic N) is 2. The summed E-state index contributed by atoms with van der Waals surface area (Å²) >= 11 is 0. The van der Waals surface area contributed by atoms with E-state index in [0.29, 0.717) is 0 Å². The number of pyridine rings is 1. The average molecular weight is 450 g/mol. The fraction of sp³-hybridized carbons (Fsp3) is 0.409. The van der Waals surface area contributed by atoms with Crippen LogP contribution in [0, 0.1) is 11.6 Å². The number of rotatable bonds is 3. The second-order valence-corrected chi connectivity index (χ2v) is 8.55. The van der Waals surface area contributed by atoms with Crippen LogP contribution >= 0.6 is 0 Å². The van der Waals surface area contributed by atoms with Gasteiger partial charge in [-0.05, 0) is 50.1 Å². The summed E-state index contributed by atoms with van der Waals surface area (Å²) in [5.41, 5.74) is 4.13. The van der Waals surface area contributed by atoms with E-state index < -0.39 is 34.6 Å². The molecule has 1 amide bonds. The molecule has 1 spiro atoms. The van der Waals surface area contributed by atoms with E-state index in [-0.39, 0.29) is 55.1 Å². The summed E-state index contributed by atoms with van der Waals surface area (Å²) in [5, 5.41) is 2.59. The summed E-state index contributed by atoms with van der Waals surface area (Å²) in [6.45, 7) is 1.66. The number of nitrogens with one attached hydrogen (secondary N) is 1. The van der Waals surface area contributed by atoms with E-state index in [2.05, 4.69) is 15.3 Å². The third-order valence-corrected chi connectivity index (χ3v) is 6.00. The molecule has 0 bridgehead atoms. The maximum Gasteiger partial charge on any atom is 0.283 e. The highest BCUT2D eigenvalue weighted by molar-refractivity contribution is 6.02. The molecule has 3 N–H and O–H groups in total. The van der Waals surface area contributed by atoms with Gasteiger partial charge >= 0.3 is 0 Å². The third kappa shape index (κ3) is 4.39. The molecule has 1 aromatic carbocycles. The van der Waals surface area contributed by atoms with Gasteiger partial charge in [0.2, 0.25) is 5.92 Å². The highest BCUT2D eigenvalue weighted by atomic mass is 19.3. The van der Waals surface area contributed by atoms with Crippen molar-refractivity contribution < 1.29 is 27.1 Å². The van der Waals surface area contributed by atoms with E-state index in [0.717, 1.165) is 12.3 Å². The lowest BCUT2D eigenvalue weighted by molar-refractivity contribution is -0.112. The number of carbonyl (C=O) groups is 1. The van der Waals surface area contributed by atoms with Gasteiger partial charge < -0.3 is 15.8 Å². The molecular weight excluding hydrogens is 428 g/mol. The lowest BCUT2D eigenvalue weighted by Crippen LogP contribution is -2.51. The lowest BCUT2D eigenvalue weighted by Gasteiger charge is -2.47. The van der Waals surface area contributed by atoms with Crippen molar-refractivity contribution in [2.45, 2.75) is 56.1 Å². The standard InChI is InChI=1S/C22H22F4N4O2/c1-20(12-21(32-19(27)30-20)6-8-22(25,26)9-7-21)15-10-14(3-4-16(15)24)29-18(31)17-5-2-13(23)11-28-17/h2-5,10-11H,6-9,12H2,1H3,(H2,27,30)(H,29,31). The third-order valence-electron chi connectivity index (χ3n) is 6.00. The first-order valence-electron chi connectivity index (χ1n) is 10.1. The molecule has 1 saturated carbocycles. The minimum atomic E-state index is -2.77. The van der Waals surface area contributed by atoms with E-state index in [9.17, 15) is 22.4 Å². The highest BCUT2D eigenvalue weighted by Crippen LogP contribution is 2.49. The van der Waals surface area contributed by atoms with Crippen LogP contribution in [0.15, 0.2) is 41.5 Å². The summed E-state index contributed by atoms with van der Waals surface area (Å²) in [7, 11) is 0. The largest absolute Gasteiger partial charge is 0.459 e. The van der Waals surface area contributed by atoms with Gasteiger partial charge in [0.25, 0.3) is 11.9 Å². The van der Waals surface area contributed by atoms with Gasteiger partial charge in [-0.1, -0.05) is 0 Å². The maximum atomic E-state index is 14.9. The van der Waals surface area contributed by atoms with Gasteiger partial charge in [0.1, 0.15) is 22.9 Å². The Morgan fingerprint density at radius 3 is 2.50 bits per heavy atom. The molecule has 2 heterocycles. The fourth-order valence-corrected chi connectivity index (χ4v) is 4.42. The Kier molecular flexibility index (Phi) is 5.34. The van der Waals surface area contributed by atoms with E-state index in [1.54, 1.807) is 6.92 Å². The van der Waals surface area contributed by atoms with Crippen LogP contribution in [0.5, 0.6) is 0 Å². The molecule has 1 aromatic heterocycles. The summed E-state index contributed by atoms with van der Waals surface area (Å²) in [5.74, 6) is -4.53. The number of halogens is 4. The zero-order valence-corrected chi connectivity index (χ0v) is 17.3. The second kappa shape index (κ2) is 7.75. The van der Waals surface area contributed by atoms with Crippen molar-refractivity contribution in [2.24, 2.45) is 10.7 Å². The second-order valence-electron chi connectivity index (χ2n) is 8.55. The number of carbonyl (C=O) groups excluding carboxylic acids is 1. The SMILES string of the molecule is CC1(c2cc(NC(=O)c3ccc(F)cn3)ccc2F)CC2(CCC(F)(F)CC2)OC(N)=N1. The number of alkyl halides is 2. The molecule has 1 aliphatic heterocycles. The van der Waals surface area contributed by atoms with Crippen LogP contribution in [0.4, 0.5) is 23.2 Å². The van der Waals surface area contributed by atoms with E-state index in [4.69, 9.17) is 10.5 Å². The van der Waals surface area contributed by atoms with Crippen LogP contribution in [0.3, 0.4) is 0 Å². The minimum Gasteiger partial charge on any atom is -0.459 e. The number of benzene rings is 1. The van der Waals surface area contributed by atoms with Crippen molar-refractivity contribution in [1.29, 1.82) is 0 Å². The molecule has 6 nitrogen and oxygen atoms in total. The molecule has 0 saturated heterocycles. The van der Waals surface area contributed by atoms with Crippen LogP contribution in [0.2, 0.25) is 0 Å². The summed E-state index contributed by atoms with van der Waals surface area (Å²) < 4.78 is 61.0. The monoisotopic (exact) mass is 450 g/mol. The van der Waals surface area contributed by atoms with E-state index in [1.807, 2.05) is 0 Å². The predicted molar refractivity (Wildman–Crippen MR) is 109 cm³/mol. The molecule has 1 fully saturated rings. The number of anilines is 1. The van der Waals surface area contributed by atoms with Crippen molar-refractivity contribution in [1.82, 2.24) is 4.98 Å². The Morgan fingerprint density at radius 2 is 1.84 bits per heavy atom. The van der Waals surface area contributed by atoms with Gasteiger partial charge in [-0.2, -0.15) is 0 Å². The van der Waals surface area contributed by atoms with Gasteiger partial charge in [0, 0.05) is 30.5 Å². The van der Waals surface area contributed by atoms with Crippen molar-refractivity contribution in [3.05, 3.63) is 59.4 Å². The Balaban J connectivity index is 1.61. The molecule has 0 radical (unpaired) electrons. The first-order chi connectivity index (χ1) is 15.0. The molecule has 10 heteroatoms. The van der Waals surface area contributed by atoms with Crippen molar-refractivity contribution in [2.75, 3.05) is 5.32 Å². The number of nitrogens with two attached hydrogens (primary N) is 1. The Bertz CT molecular complexity index is 1060. The number of ether oxygens (including phenoxy) is 1. The molecular formula is C22H22F4N4O2. The normalized spacial score (nSPS) is 23.8. The van der Waals surface area contributed by atoms with Gasteiger partial charge in [-0.25, -0.2) is 27.5 Å². The zero-order valence-electron chi connectivity index (χ0n) is 17.3. The minimum absolute atomic E-state index is 0.0149. The average Bonchev–Trinajstić information content (AvgIpc) is 2.72. The first-order valence-corrected chi connectivity index (χ1v) is 10.1. The van der Waals surface area contributed by atoms with Gasteiger partial charge in [0.15, 0.2) is 0 Å². The topological polar surface area (TPSA) is 89.6 Å². The summed E-state index contributed by atoms with van der Waals surface area (Å²) in [6.07, 6.45) is 0.517.